The molecule has 2 N–H and O–H groups in total. The van der Waals surface area contributed by atoms with E-state index >= 15 is 0 Å². The van der Waals surface area contributed by atoms with E-state index in [1.807, 2.05) is 17.8 Å². The molecule has 0 amide bonds. The van der Waals surface area contributed by atoms with Gasteiger partial charge in [-0.2, -0.15) is 5.10 Å². The molecule has 1 heterocycles. The third kappa shape index (κ3) is 2.49. The standard InChI is InChI=1S/C10H14ClN3S/c1-7-8(11)5-14(13-7)6-10(2-3-10)4-9(12)15/h5H,2-4,6H2,1H3,(H2,12,15). The Bertz CT molecular complexity index is 376. The second kappa shape index (κ2) is 3.76. The van der Waals surface area contributed by atoms with Gasteiger partial charge in [0.05, 0.1) is 15.7 Å². The topological polar surface area (TPSA) is 43.8 Å². The maximum atomic E-state index is 5.95. The quantitative estimate of drug-likeness (QED) is 0.826. The molecule has 0 bridgehead atoms. The molecule has 2 rings (SSSR count). The van der Waals surface area contributed by atoms with Crippen LogP contribution in [-0.2, 0) is 6.54 Å². The normalized spacial score (nSPS) is 17.7. The smallest absolute Gasteiger partial charge is 0.0814 e. The van der Waals surface area contributed by atoms with Crippen molar-refractivity contribution in [1.29, 1.82) is 0 Å². The summed E-state index contributed by atoms with van der Waals surface area (Å²) in [7, 11) is 0. The van der Waals surface area contributed by atoms with E-state index in [1.54, 1.807) is 0 Å². The van der Waals surface area contributed by atoms with Crippen LogP contribution in [0.5, 0.6) is 0 Å². The summed E-state index contributed by atoms with van der Waals surface area (Å²) in [6, 6.07) is 0. The van der Waals surface area contributed by atoms with Crippen molar-refractivity contribution in [2.24, 2.45) is 11.1 Å². The maximum Gasteiger partial charge on any atom is 0.0814 e. The van der Waals surface area contributed by atoms with Crippen LogP contribution in [0.4, 0.5) is 0 Å². The number of halogens is 1. The number of aryl methyl sites for hydroxylation is 1. The van der Waals surface area contributed by atoms with E-state index in [0.717, 1.165) is 23.7 Å². The minimum atomic E-state index is 0.258. The van der Waals surface area contributed by atoms with Crippen molar-refractivity contribution in [3.8, 4) is 0 Å². The highest BCUT2D eigenvalue weighted by molar-refractivity contribution is 7.80. The van der Waals surface area contributed by atoms with Gasteiger partial charge < -0.3 is 5.73 Å². The van der Waals surface area contributed by atoms with E-state index in [-0.39, 0.29) is 5.41 Å². The molecule has 3 nitrogen and oxygen atoms in total. The highest BCUT2D eigenvalue weighted by Gasteiger charge is 2.43. The molecule has 0 saturated heterocycles. The van der Waals surface area contributed by atoms with Crippen molar-refractivity contribution in [3.05, 3.63) is 16.9 Å². The highest BCUT2D eigenvalue weighted by Crippen LogP contribution is 2.50. The molecule has 0 unspecified atom stereocenters. The number of hydrogen-bond acceptors (Lipinski definition) is 2. The molecule has 0 aromatic carbocycles. The molecule has 0 spiro atoms. The van der Waals surface area contributed by atoms with Crippen molar-refractivity contribution in [2.75, 3.05) is 0 Å². The Morgan fingerprint density at radius 3 is 2.80 bits per heavy atom. The average molecular weight is 244 g/mol. The minimum absolute atomic E-state index is 0.258. The number of aromatic nitrogens is 2. The Morgan fingerprint density at radius 1 is 1.73 bits per heavy atom. The van der Waals surface area contributed by atoms with Crippen LogP contribution in [0.2, 0.25) is 5.02 Å². The third-order valence-electron chi connectivity index (χ3n) is 2.89. The number of thiocarbonyl (C=S) groups is 1. The molecule has 0 aliphatic heterocycles. The van der Waals surface area contributed by atoms with Crippen LogP contribution in [0, 0.1) is 12.3 Å². The monoisotopic (exact) mass is 243 g/mol. The molecule has 82 valence electrons. The second-order valence-corrected chi connectivity index (χ2v) is 5.33. The zero-order valence-electron chi connectivity index (χ0n) is 8.66. The van der Waals surface area contributed by atoms with E-state index in [1.165, 1.54) is 12.8 Å². The minimum Gasteiger partial charge on any atom is -0.393 e. The fourth-order valence-electron chi connectivity index (χ4n) is 1.86. The van der Waals surface area contributed by atoms with Gasteiger partial charge in [-0.05, 0) is 25.2 Å². The molecule has 1 aliphatic carbocycles. The van der Waals surface area contributed by atoms with Gasteiger partial charge in [0, 0.05) is 19.2 Å². The number of nitrogens with two attached hydrogens (primary N) is 1. The van der Waals surface area contributed by atoms with Crippen LogP contribution in [0.1, 0.15) is 25.0 Å². The van der Waals surface area contributed by atoms with Crippen LogP contribution in [0.25, 0.3) is 0 Å². The van der Waals surface area contributed by atoms with Crippen LogP contribution in [0.15, 0.2) is 6.20 Å². The maximum absolute atomic E-state index is 5.95. The van der Waals surface area contributed by atoms with Gasteiger partial charge in [0.2, 0.25) is 0 Å². The lowest BCUT2D eigenvalue weighted by Gasteiger charge is -2.13. The summed E-state index contributed by atoms with van der Waals surface area (Å²) in [5.41, 5.74) is 6.72. The third-order valence-corrected chi connectivity index (χ3v) is 3.41. The molecule has 0 atom stereocenters. The first-order chi connectivity index (χ1) is 7.01. The Labute approximate surface area is 99.6 Å². The van der Waals surface area contributed by atoms with E-state index in [2.05, 4.69) is 5.10 Å². The fraction of sp³-hybridized carbons (Fsp3) is 0.600. The van der Waals surface area contributed by atoms with Crippen molar-refractivity contribution < 1.29 is 0 Å². The lowest BCUT2D eigenvalue weighted by molar-refractivity contribution is 0.409. The lowest BCUT2D eigenvalue weighted by Crippen LogP contribution is -2.20. The summed E-state index contributed by atoms with van der Waals surface area (Å²) in [4.78, 5) is 0.600. The zero-order valence-corrected chi connectivity index (χ0v) is 10.2. The van der Waals surface area contributed by atoms with Gasteiger partial charge in [0.1, 0.15) is 0 Å². The molecular formula is C10H14ClN3S. The molecule has 1 aliphatic rings. The Morgan fingerprint density at radius 2 is 2.40 bits per heavy atom. The van der Waals surface area contributed by atoms with Crippen LogP contribution in [0.3, 0.4) is 0 Å². The molecule has 1 aromatic heterocycles. The Hall–Kier alpha value is -0.610. The van der Waals surface area contributed by atoms with Gasteiger partial charge in [-0.25, -0.2) is 0 Å². The highest BCUT2D eigenvalue weighted by atomic mass is 35.5. The number of rotatable bonds is 4. The summed E-state index contributed by atoms with van der Waals surface area (Å²) in [5, 5.41) is 5.07. The van der Waals surface area contributed by atoms with Gasteiger partial charge in [0.15, 0.2) is 0 Å². The lowest BCUT2D eigenvalue weighted by atomic mass is 10.0. The van der Waals surface area contributed by atoms with Gasteiger partial charge in [0.25, 0.3) is 0 Å². The van der Waals surface area contributed by atoms with E-state index in [0.29, 0.717) is 4.99 Å². The first-order valence-corrected chi connectivity index (χ1v) is 5.77. The second-order valence-electron chi connectivity index (χ2n) is 4.40. The molecule has 15 heavy (non-hydrogen) atoms. The largest absolute Gasteiger partial charge is 0.393 e. The van der Waals surface area contributed by atoms with Crippen molar-refractivity contribution in [3.63, 3.8) is 0 Å². The van der Waals surface area contributed by atoms with Crippen LogP contribution < -0.4 is 5.73 Å². The SMILES string of the molecule is Cc1nn(CC2(CC(N)=S)CC2)cc1Cl. The summed E-state index contributed by atoms with van der Waals surface area (Å²) < 4.78 is 1.91. The average Bonchev–Trinajstić information content (AvgIpc) is 2.75. The molecule has 0 radical (unpaired) electrons. The number of hydrogen-bond donors (Lipinski definition) is 1. The van der Waals surface area contributed by atoms with Gasteiger partial charge in [-0.15, -0.1) is 0 Å². The summed E-state index contributed by atoms with van der Waals surface area (Å²) in [6.45, 7) is 2.78. The zero-order chi connectivity index (χ0) is 11.1. The van der Waals surface area contributed by atoms with Gasteiger partial charge in [-0.3, -0.25) is 4.68 Å². The Kier molecular flexibility index (Phi) is 2.73. The van der Waals surface area contributed by atoms with Gasteiger partial charge in [-0.1, -0.05) is 23.8 Å². The molecular weight excluding hydrogens is 230 g/mol. The molecule has 1 fully saturated rings. The molecule has 1 aromatic rings. The van der Waals surface area contributed by atoms with E-state index in [9.17, 15) is 0 Å². The first-order valence-electron chi connectivity index (χ1n) is 4.99. The summed E-state index contributed by atoms with van der Waals surface area (Å²) >= 11 is 10.9. The van der Waals surface area contributed by atoms with Gasteiger partial charge >= 0.3 is 0 Å². The van der Waals surface area contributed by atoms with Crippen molar-refractivity contribution in [2.45, 2.75) is 32.7 Å². The first kappa shape index (κ1) is 10.9. The van der Waals surface area contributed by atoms with Crippen LogP contribution >= 0.6 is 23.8 Å². The van der Waals surface area contributed by atoms with Crippen molar-refractivity contribution in [1.82, 2.24) is 9.78 Å². The van der Waals surface area contributed by atoms with Crippen molar-refractivity contribution >= 4 is 28.8 Å². The van der Waals surface area contributed by atoms with E-state index < -0.39 is 0 Å². The van der Waals surface area contributed by atoms with E-state index in [4.69, 9.17) is 29.6 Å². The number of nitrogens with zero attached hydrogens (tertiary/aromatic N) is 2. The van der Waals surface area contributed by atoms with Crippen LogP contribution in [-0.4, -0.2) is 14.8 Å². The fourth-order valence-corrected chi connectivity index (χ4v) is 2.31. The predicted octanol–water partition coefficient (Wildman–Crippen LogP) is 2.30. The summed E-state index contributed by atoms with van der Waals surface area (Å²) in [6.07, 6.45) is 5.05. The molecule has 1 saturated carbocycles. The summed E-state index contributed by atoms with van der Waals surface area (Å²) in [5.74, 6) is 0. The Balaban J connectivity index is 2.05. The predicted molar refractivity (Wildman–Crippen MR) is 65.0 cm³/mol. The molecule has 5 heteroatoms.